The van der Waals surface area contributed by atoms with Crippen LogP contribution < -0.4 is 10.3 Å². The fourth-order valence-electron chi connectivity index (χ4n) is 2.45. The van der Waals surface area contributed by atoms with Gasteiger partial charge < -0.3 is 25.8 Å². The Morgan fingerprint density at radius 2 is 2.15 bits per heavy atom. The molecule has 0 unspecified atom stereocenters. The topological polar surface area (TPSA) is 131 Å². The van der Waals surface area contributed by atoms with Crippen molar-refractivity contribution in [1.29, 1.82) is 0 Å². The number of anilines is 1. The summed E-state index contributed by atoms with van der Waals surface area (Å²) in [5.41, 5.74) is 6.84. The van der Waals surface area contributed by atoms with E-state index in [4.69, 9.17) is 15.6 Å². The summed E-state index contributed by atoms with van der Waals surface area (Å²) >= 11 is 0. The van der Waals surface area contributed by atoms with Gasteiger partial charge in [-0.25, -0.2) is 14.1 Å². The first-order valence-electron chi connectivity index (χ1n) is 6.13. The van der Waals surface area contributed by atoms with Gasteiger partial charge in [0.2, 0.25) is 18.4 Å². The molecule has 4 atom stereocenters. The fraction of sp³-hybridized carbons (Fsp3) is 0.545. The molecule has 0 amide bonds. The van der Waals surface area contributed by atoms with E-state index in [-0.39, 0.29) is 12.4 Å². The number of imidazole rings is 1. The van der Waals surface area contributed by atoms with Crippen molar-refractivity contribution in [2.45, 2.75) is 24.5 Å². The van der Waals surface area contributed by atoms with E-state index in [9.17, 15) is 10.2 Å². The molecule has 2 aromatic rings. The quantitative estimate of drug-likeness (QED) is 0.446. The Morgan fingerprint density at radius 3 is 2.80 bits per heavy atom. The SMILES string of the molecule is C[n+]1cnc(N)c2ncn([C@@H]3O[C@H](CO)[C@@H](O)[C@H]3O)c21. The number of hydrogen-bond acceptors (Lipinski definition) is 7. The molecule has 5 N–H and O–H groups in total. The summed E-state index contributed by atoms with van der Waals surface area (Å²) in [6.45, 7) is -0.378. The van der Waals surface area contributed by atoms with Crippen LogP contribution >= 0.6 is 0 Å². The van der Waals surface area contributed by atoms with Crippen LogP contribution in [0.5, 0.6) is 0 Å². The Morgan fingerprint density at radius 1 is 1.40 bits per heavy atom. The van der Waals surface area contributed by atoms with E-state index in [0.29, 0.717) is 11.2 Å². The van der Waals surface area contributed by atoms with Crippen LogP contribution in [-0.4, -0.2) is 54.8 Å². The number of ether oxygens (including phenoxy) is 1. The van der Waals surface area contributed by atoms with Crippen molar-refractivity contribution in [3.05, 3.63) is 12.7 Å². The lowest BCUT2D eigenvalue weighted by Gasteiger charge is -2.13. The molecule has 0 saturated carbocycles. The Labute approximate surface area is 113 Å². The van der Waals surface area contributed by atoms with Crippen LogP contribution in [0.4, 0.5) is 5.82 Å². The van der Waals surface area contributed by atoms with E-state index in [1.807, 2.05) is 0 Å². The summed E-state index contributed by atoms with van der Waals surface area (Å²) < 4.78 is 8.74. The highest BCUT2D eigenvalue weighted by atomic mass is 16.6. The molecule has 108 valence electrons. The lowest BCUT2D eigenvalue weighted by Crippen LogP contribution is -2.35. The zero-order chi connectivity index (χ0) is 14.4. The van der Waals surface area contributed by atoms with Gasteiger partial charge >= 0.3 is 0 Å². The summed E-state index contributed by atoms with van der Waals surface area (Å²) in [6.07, 6.45) is -1.02. The normalized spacial score (nSPS) is 30.2. The number of aromatic nitrogens is 4. The van der Waals surface area contributed by atoms with Crippen molar-refractivity contribution >= 4 is 17.0 Å². The smallest absolute Gasteiger partial charge is 0.263 e. The lowest BCUT2D eigenvalue weighted by molar-refractivity contribution is -0.651. The first-order chi connectivity index (χ1) is 9.54. The second kappa shape index (κ2) is 4.63. The third kappa shape index (κ3) is 1.75. The van der Waals surface area contributed by atoms with Crippen LogP contribution in [0.2, 0.25) is 0 Å². The molecule has 3 heterocycles. The van der Waals surface area contributed by atoms with E-state index < -0.39 is 24.5 Å². The molecule has 2 aromatic heterocycles. The third-order valence-electron chi connectivity index (χ3n) is 3.51. The zero-order valence-electron chi connectivity index (χ0n) is 10.8. The number of nitrogens with zero attached hydrogens (tertiary/aromatic N) is 4. The number of aryl methyl sites for hydroxylation is 1. The second-order valence-electron chi connectivity index (χ2n) is 4.79. The summed E-state index contributed by atoms with van der Waals surface area (Å²) in [6, 6.07) is 0. The van der Waals surface area contributed by atoms with Crippen LogP contribution in [0.1, 0.15) is 6.23 Å². The van der Waals surface area contributed by atoms with Crippen molar-refractivity contribution in [2.75, 3.05) is 12.3 Å². The van der Waals surface area contributed by atoms with E-state index >= 15 is 0 Å². The van der Waals surface area contributed by atoms with Crippen LogP contribution in [0.3, 0.4) is 0 Å². The largest absolute Gasteiger partial charge is 0.394 e. The Bertz CT molecular complexity index is 645. The number of nitrogen functional groups attached to an aromatic ring is 1. The van der Waals surface area contributed by atoms with Crippen LogP contribution in [0.15, 0.2) is 12.7 Å². The third-order valence-corrected chi connectivity index (χ3v) is 3.51. The van der Waals surface area contributed by atoms with Gasteiger partial charge in [-0.1, -0.05) is 4.98 Å². The predicted octanol–water partition coefficient (Wildman–Crippen LogP) is -2.55. The van der Waals surface area contributed by atoms with Crippen molar-refractivity contribution in [1.82, 2.24) is 14.5 Å². The molecule has 1 aliphatic rings. The molecule has 0 radical (unpaired) electrons. The number of nitrogens with two attached hydrogens (primary N) is 1. The second-order valence-corrected chi connectivity index (χ2v) is 4.79. The maximum absolute atomic E-state index is 10.1. The minimum Gasteiger partial charge on any atom is -0.394 e. The van der Waals surface area contributed by atoms with Crippen LogP contribution in [-0.2, 0) is 11.8 Å². The molecule has 3 rings (SSSR count). The highest BCUT2D eigenvalue weighted by molar-refractivity contribution is 5.78. The first kappa shape index (κ1) is 13.2. The molecule has 0 aromatic carbocycles. The Balaban J connectivity index is 2.10. The monoisotopic (exact) mass is 282 g/mol. The average Bonchev–Trinajstić information content (AvgIpc) is 2.99. The highest BCUT2D eigenvalue weighted by Gasteiger charge is 2.46. The molecule has 0 bridgehead atoms. The van der Waals surface area contributed by atoms with E-state index in [1.54, 1.807) is 16.2 Å². The van der Waals surface area contributed by atoms with Crippen molar-refractivity contribution < 1.29 is 24.6 Å². The maximum atomic E-state index is 10.1. The molecular weight excluding hydrogens is 266 g/mol. The molecule has 9 nitrogen and oxygen atoms in total. The van der Waals surface area contributed by atoms with Gasteiger partial charge in [0.1, 0.15) is 18.3 Å². The number of rotatable bonds is 2. The highest BCUT2D eigenvalue weighted by Crippen LogP contribution is 2.31. The van der Waals surface area contributed by atoms with E-state index in [1.165, 1.54) is 12.7 Å². The van der Waals surface area contributed by atoms with Crippen LogP contribution in [0, 0.1) is 0 Å². The van der Waals surface area contributed by atoms with Gasteiger partial charge in [0, 0.05) is 0 Å². The number of fused-ring (bicyclic) bond motifs is 1. The van der Waals surface area contributed by atoms with Gasteiger partial charge in [0.05, 0.1) is 13.7 Å². The molecule has 9 heteroatoms. The minimum absolute atomic E-state index is 0.267. The molecule has 1 saturated heterocycles. The lowest BCUT2D eigenvalue weighted by atomic mass is 10.1. The number of aliphatic hydroxyl groups is 3. The van der Waals surface area contributed by atoms with E-state index in [2.05, 4.69) is 9.97 Å². The Kier molecular flexibility index (Phi) is 3.05. The molecule has 20 heavy (non-hydrogen) atoms. The minimum atomic E-state index is -1.17. The maximum Gasteiger partial charge on any atom is 0.263 e. The molecular formula is C11H16N5O4+. The summed E-state index contributed by atoms with van der Waals surface area (Å²) in [4.78, 5) is 8.14. The molecule has 0 aliphatic carbocycles. The number of hydrogen-bond donors (Lipinski definition) is 4. The summed E-state index contributed by atoms with van der Waals surface area (Å²) in [7, 11) is 1.76. The van der Waals surface area contributed by atoms with Gasteiger partial charge in [-0.05, 0) is 0 Å². The zero-order valence-corrected chi connectivity index (χ0v) is 10.8. The number of aliphatic hydroxyl groups excluding tert-OH is 3. The van der Waals surface area contributed by atoms with E-state index in [0.717, 1.165) is 0 Å². The van der Waals surface area contributed by atoms with Crippen LogP contribution in [0.25, 0.3) is 11.2 Å². The Hall–Kier alpha value is -1.81. The standard InChI is InChI=1S/C11H15N5O4/c1-15-3-14-9(12)6-10(15)16(4-13-6)11-8(19)7(18)5(2-17)20-11/h3-5,7-8,11-12,17-19H,2H2,1H3/p+1/t5-,7-,8-,11-/m1/s1. The fourth-order valence-corrected chi connectivity index (χ4v) is 2.45. The summed E-state index contributed by atoms with van der Waals surface area (Å²) in [5, 5.41) is 29.0. The molecule has 1 aliphatic heterocycles. The summed E-state index contributed by atoms with van der Waals surface area (Å²) in [5.74, 6) is 0.267. The molecule has 1 fully saturated rings. The van der Waals surface area contributed by atoms with Gasteiger partial charge in [-0.15, -0.1) is 0 Å². The van der Waals surface area contributed by atoms with Gasteiger partial charge in [0.25, 0.3) is 5.65 Å². The van der Waals surface area contributed by atoms with Crippen molar-refractivity contribution in [3.8, 4) is 0 Å². The molecule has 0 spiro atoms. The van der Waals surface area contributed by atoms with Gasteiger partial charge in [0.15, 0.2) is 11.8 Å². The van der Waals surface area contributed by atoms with Crippen molar-refractivity contribution in [3.63, 3.8) is 0 Å². The van der Waals surface area contributed by atoms with Gasteiger partial charge in [-0.3, -0.25) is 0 Å². The predicted molar refractivity (Wildman–Crippen MR) is 66.1 cm³/mol. The van der Waals surface area contributed by atoms with Gasteiger partial charge in [-0.2, -0.15) is 0 Å². The average molecular weight is 282 g/mol. The van der Waals surface area contributed by atoms with Crippen molar-refractivity contribution in [2.24, 2.45) is 7.05 Å². The first-order valence-corrected chi connectivity index (χ1v) is 6.13.